The lowest BCUT2D eigenvalue weighted by Crippen LogP contribution is -1.95. The van der Waals surface area contributed by atoms with Crippen molar-refractivity contribution in [2.45, 2.75) is 27.2 Å². The smallest absolute Gasteiger partial charge is 0.118 e. The predicted molar refractivity (Wildman–Crippen MR) is 54.0 cm³/mol. The number of rotatable bonds is 5. The van der Waals surface area contributed by atoms with Gasteiger partial charge in [0.15, 0.2) is 0 Å². The Morgan fingerprint density at radius 3 is 2.33 bits per heavy atom. The van der Waals surface area contributed by atoms with E-state index in [1.54, 1.807) is 6.08 Å². The molecule has 1 heteroatoms. The third kappa shape index (κ3) is 3.42. The summed E-state index contributed by atoms with van der Waals surface area (Å²) in [5.41, 5.74) is 1.25. The van der Waals surface area contributed by atoms with Gasteiger partial charge in [-0.05, 0) is 31.9 Å². The fourth-order valence-electron chi connectivity index (χ4n) is 1.03. The number of hydrogen-bond donors (Lipinski definition) is 0. The molecule has 0 aromatic rings. The maximum Gasteiger partial charge on any atom is 0.118 e. The number of hydrogen-bond acceptors (Lipinski definition) is 1. The van der Waals surface area contributed by atoms with E-state index in [0.717, 1.165) is 12.2 Å². The van der Waals surface area contributed by atoms with E-state index in [1.807, 2.05) is 19.9 Å². The summed E-state index contributed by atoms with van der Waals surface area (Å²) in [4.78, 5) is 0. The molecule has 0 spiro atoms. The molecular weight excluding hydrogens is 148 g/mol. The summed E-state index contributed by atoms with van der Waals surface area (Å²) in [6.45, 7) is 10.3. The summed E-state index contributed by atoms with van der Waals surface area (Å²) in [6.07, 6.45) is 6.83. The molecule has 0 bridgehead atoms. The van der Waals surface area contributed by atoms with Gasteiger partial charge in [0, 0.05) is 0 Å². The van der Waals surface area contributed by atoms with Crippen molar-refractivity contribution in [3.8, 4) is 0 Å². The maximum atomic E-state index is 5.46. The van der Waals surface area contributed by atoms with E-state index in [2.05, 4.69) is 19.6 Å². The third-order valence-corrected chi connectivity index (χ3v) is 1.66. The van der Waals surface area contributed by atoms with Crippen molar-refractivity contribution < 1.29 is 4.74 Å². The van der Waals surface area contributed by atoms with Crippen molar-refractivity contribution in [2.24, 2.45) is 0 Å². The lowest BCUT2D eigenvalue weighted by Gasteiger charge is -2.09. The first kappa shape index (κ1) is 11.0. The van der Waals surface area contributed by atoms with Crippen LogP contribution in [0.1, 0.15) is 27.2 Å². The van der Waals surface area contributed by atoms with E-state index in [9.17, 15) is 0 Å². The highest BCUT2D eigenvalue weighted by Gasteiger charge is 2.00. The molecule has 0 aliphatic carbocycles. The Bertz CT molecular complexity index is 187. The van der Waals surface area contributed by atoms with Gasteiger partial charge >= 0.3 is 0 Å². The fraction of sp³-hybridized carbons (Fsp3) is 0.455. The van der Waals surface area contributed by atoms with Gasteiger partial charge in [0.05, 0.1) is 0 Å². The van der Waals surface area contributed by atoms with Crippen molar-refractivity contribution in [3.05, 3.63) is 36.1 Å². The van der Waals surface area contributed by atoms with Gasteiger partial charge in [-0.2, -0.15) is 0 Å². The van der Waals surface area contributed by atoms with Crippen LogP contribution in [0.15, 0.2) is 36.1 Å². The fourth-order valence-corrected chi connectivity index (χ4v) is 1.03. The highest BCUT2D eigenvalue weighted by molar-refractivity contribution is 5.24. The standard InChI is InChI=1S/C11H18O/c1-5-9-12-11(8-4)10(6-2)7-3/h5-6,8H,1,7,9H2,2-4H3. The van der Waals surface area contributed by atoms with Crippen molar-refractivity contribution in [3.63, 3.8) is 0 Å². The Hall–Kier alpha value is -0.980. The lowest BCUT2D eigenvalue weighted by atomic mass is 10.1. The molecule has 0 saturated heterocycles. The van der Waals surface area contributed by atoms with E-state index >= 15 is 0 Å². The highest BCUT2D eigenvalue weighted by atomic mass is 16.5. The zero-order valence-electron chi connectivity index (χ0n) is 8.26. The van der Waals surface area contributed by atoms with E-state index < -0.39 is 0 Å². The molecule has 68 valence electrons. The van der Waals surface area contributed by atoms with Crippen LogP contribution in [-0.4, -0.2) is 6.61 Å². The Morgan fingerprint density at radius 1 is 1.33 bits per heavy atom. The predicted octanol–water partition coefficient (Wildman–Crippen LogP) is 3.45. The number of allylic oxidation sites excluding steroid dienone is 3. The molecule has 0 aromatic carbocycles. The van der Waals surface area contributed by atoms with Crippen LogP contribution in [0.4, 0.5) is 0 Å². The lowest BCUT2D eigenvalue weighted by molar-refractivity contribution is 0.254. The van der Waals surface area contributed by atoms with Crippen LogP contribution in [0, 0.1) is 0 Å². The molecule has 0 N–H and O–H groups in total. The van der Waals surface area contributed by atoms with Crippen molar-refractivity contribution >= 4 is 0 Å². The van der Waals surface area contributed by atoms with E-state index in [-0.39, 0.29) is 0 Å². The van der Waals surface area contributed by atoms with Crippen LogP contribution in [-0.2, 0) is 4.74 Å². The minimum Gasteiger partial charge on any atom is -0.490 e. The monoisotopic (exact) mass is 166 g/mol. The normalized spacial score (nSPS) is 12.9. The van der Waals surface area contributed by atoms with Crippen molar-refractivity contribution in [2.75, 3.05) is 6.61 Å². The Morgan fingerprint density at radius 2 is 2.00 bits per heavy atom. The Kier molecular flexibility index (Phi) is 6.16. The van der Waals surface area contributed by atoms with Gasteiger partial charge in [-0.25, -0.2) is 0 Å². The SMILES string of the molecule is C=CCOC(=CC)C(=CC)CC. The first-order valence-electron chi connectivity index (χ1n) is 4.35. The third-order valence-electron chi connectivity index (χ3n) is 1.66. The van der Waals surface area contributed by atoms with Crippen LogP contribution in [0.5, 0.6) is 0 Å². The van der Waals surface area contributed by atoms with Gasteiger partial charge < -0.3 is 4.74 Å². The van der Waals surface area contributed by atoms with Crippen LogP contribution in [0.2, 0.25) is 0 Å². The summed E-state index contributed by atoms with van der Waals surface area (Å²) in [5.74, 6) is 0.972. The van der Waals surface area contributed by atoms with Gasteiger partial charge in [0.25, 0.3) is 0 Å². The van der Waals surface area contributed by atoms with Gasteiger partial charge in [0.1, 0.15) is 12.4 Å². The molecule has 0 aliphatic rings. The van der Waals surface area contributed by atoms with E-state index in [0.29, 0.717) is 6.61 Å². The topological polar surface area (TPSA) is 9.23 Å². The molecule has 0 saturated carbocycles. The average molecular weight is 166 g/mol. The summed E-state index contributed by atoms with van der Waals surface area (Å²) < 4.78 is 5.46. The average Bonchev–Trinajstić information content (AvgIpc) is 2.12. The molecule has 0 atom stereocenters. The minimum absolute atomic E-state index is 0.580. The van der Waals surface area contributed by atoms with Gasteiger partial charge in [0.2, 0.25) is 0 Å². The van der Waals surface area contributed by atoms with Crippen LogP contribution in [0.25, 0.3) is 0 Å². The van der Waals surface area contributed by atoms with Gasteiger partial charge in [-0.15, -0.1) is 0 Å². The first-order chi connectivity index (χ1) is 5.79. The van der Waals surface area contributed by atoms with E-state index in [1.165, 1.54) is 5.57 Å². The number of ether oxygens (including phenoxy) is 1. The second kappa shape index (κ2) is 6.71. The van der Waals surface area contributed by atoms with Gasteiger partial charge in [-0.3, -0.25) is 0 Å². The minimum atomic E-state index is 0.580. The molecule has 0 radical (unpaired) electrons. The summed E-state index contributed by atoms with van der Waals surface area (Å²) in [7, 11) is 0. The molecule has 0 unspecified atom stereocenters. The molecule has 0 heterocycles. The second-order valence-corrected chi connectivity index (χ2v) is 2.42. The highest BCUT2D eigenvalue weighted by Crippen LogP contribution is 2.14. The Labute approximate surface area is 75.4 Å². The molecular formula is C11H18O. The molecule has 0 aromatic heterocycles. The molecule has 1 nitrogen and oxygen atoms in total. The van der Waals surface area contributed by atoms with Crippen LogP contribution >= 0.6 is 0 Å². The van der Waals surface area contributed by atoms with E-state index in [4.69, 9.17) is 4.74 Å². The van der Waals surface area contributed by atoms with Crippen molar-refractivity contribution in [1.29, 1.82) is 0 Å². The maximum absolute atomic E-state index is 5.46. The van der Waals surface area contributed by atoms with Crippen LogP contribution in [0.3, 0.4) is 0 Å². The van der Waals surface area contributed by atoms with Gasteiger partial charge in [-0.1, -0.05) is 25.7 Å². The molecule has 0 fully saturated rings. The summed E-state index contributed by atoms with van der Waals surface area (Å²) in [6, 6.07) is 0. The second-order valence-electron chi connectivity index (χ2n) is 2.42. The molecule has 12 heavy (non-hydrogen) atoms. The summed E-state index contributed by atoms with van der Waals surface area (Å²) in [5, 5.41) is 0. The summed E-state index contributed by atoms with van der Waals surface area (Å²) >= 11 is 0. The zero-order chi connectivity index (χ0) is 9.40. The quantitative estimate of drug-likeness (QED) is 0.345. The first-order valence-corrected chi connectivity index (χ1v) is 4.35. The molecule has 0 amide bonds. The largest absolute Gasteiger partial charge is 0.490 e. The Balaban J connectivity index is 4.24. The van der Waals surface area contributed by atoms with Crippen LogP contribution < -0.4 is 0 Å². The molecule has 0 rings (SSSR count). The molecule has 0 aliphatic heterocycles. The van der Waals surface area contributed by atoms with Crippen molar-refractivity contribution in [1.82, 2.24) is 0 Å². The zero-order valence-corrected chi connectivity index (χ0v) is 8.26.